The van der Waals surface area contributed by atoms with Gasteiger partial charge in [0.2, 0.25) is 5.09 Å². The summed E-state index contributed by atoms with van der Waals surface area (Å²) in [7, 11) is -3.55. The van der Waals surface area contributed by atoms with Crippen LogP contribution in [0.3, 0.4) is 0 Å². The van der Waals surface area contributed by atoms with E-state index in [4.69, 9.17) is 4.42 Å². The standard InChI is InChI=1S/C15H26N2O3S/c1-11(2)9-16-10-14-7-8-15(20-14)21(18,19)17-12(3)13-5-4-6-13/h7-8,11-13,16-17H,4-6,9-10H2,1-3H3. The van der Waals surface area contributed by atoms with Gasteiger partial charge in [-0.25, -0.2) is 13.1 Å². The predicted octanol–water partition coefficient (Wildman–Crippen LogP) is 2.49. The summed E-state index contributed by atoms with van der Waals surface area (Å²) in [5.41, 5.74) is 0. The van der Waals surface area contributed by atoms with E-state index in [1.54, 1.807) is 6.07 Å². The SMILES string of the molecule is CC(C)CNCc1ccc(S(=O)(=O)NC(C)C2CCC2)o1. The van der Waals surface area contributed by atoms with Crippen molar-refractivity contribution in [1.29, 1.82) is 0 Å². The Bertz CT molecular complexity index is 547. The van der Waals surface area contributed by atoms with Crippen LogP contribution < -0.4 is 10.0 Å². The molecule has 0 aliphatic heterocycles. The first kappa shape index (κ1) is 16.5. The molecule has 1 atom stereocenters. The first-order valence-electron chi connectivity index (χ1n) is 7.70. The van der Waals surface area contributed by atoms with E-state index < -0.39 is 10.0 Å². The highest BCUT2D eigenvalue weighted by atomic mass is 32.2. The highest BCUT2D eigenvalue weighted by Crippen LogP contribution is 2.30. The van der Waals surface area contributed by atoms with Crippen molar-refractivity contribution in [3.05, 3.63) is 17.9 Å². The number of rotatable bonds is 8. The molecule has 2 rings (SSSR count). The zero-order valence-corrected chi connectivity index (χ0v) is 13.9. The molecule has 21 heavy (non-hydrogen) atoms. The number of hydrogen-bond donors (Lipinski definition) is 2. The number of sulfonamides is 1. The average Bonchev–Trinajstić information content (AvgIpc) is 2.74. The maximum Gasteiger partial charge on any atom is 0.274 e. The molecule has 1 aromatic heterocycles. The van der Waals surface area contributed by atoms with Gasteiger partial charge in [-0.1, -0.05) is 20.3 Å². The Balaban J connectivity index is 1.92. The highest BCUT2D eigenvalue weighted by molar-refractivity contribution is 7.89. The first-order valence-corrected chi connectivity index (χ1v) is 9.18. The van der Waals surface area contributed by atoms with Gasteiger partial charge in [-0.15, -0.1) is 0 Å². The van der Waals surface area contributed by atoms with Crippen molar-refractivity contribution in [1.82, 2.24) is 10.0 Å². The van der Waals surface area contributed by atoms with Crippen LogP contribution in [0, 0.1) is 11.8 Å². The molecule has 0 spiro atoms. The molecule has 120 valence electrons. The average molecular weight is 314 g/mol. The van der Waals surface area contributed by atoms with Crippen molar-refractivity contribution in [2.45, 2.75) is 57.7 Å². The first-order chi connectivity index (χ1) is 9.88. The molecule has 0 amide bonds. The smallest absolute Gasteiger partial charge is 0.274 e. The van der Waals surface area contributed by atoms with Crippen LogP contribution in [0.1, 0.15) is 45.8 Å². The molecule has 1 fully saturated rings. The molecule has 1 unspecified atom stereocenters. The molecular formula is C15H26N2O3S. The van der Waals surface area contributed by atoms with Crippen molar-refractivity contribution in [2.24, 2.45) is 11.8 Å². The van der Waals surface area contributed by atoms with E-state index in [0.29, 0.717) is 24.1 Å². The monoisotopic (exact) mass is 314 g/mol. The van der Waals surface area contributed by atoms with Crippen LogP contribution in [0.15, 0.2) is 21.6 Å². The van der Waals surface area contributed by atoms with E-state index in [-0.39, 0.29) is 11.1 Å². The second-order valence-electron chi connectivity index (χ2n) is 6.35. The molecular weight excluding hydrogens is 288 g/mol. The Labute approximate surface area is 127 Å². The normalized spacial score (nSPS) is 17.9. The lowest BCUT2D eigenvalue weighted by atomic mass is 9.81. The van der Waals surface area contributed by atoms with Crippen molar-refractivity contribution in [3.8, 4) is 0 Å². The third-order valence-electron chi connectivity index (χ3n) is 3.95. The Morgan fingerprint density at radius 3 is 2.57 bits per heavy atom. The van der Waals surface area contributed by atoms with Crippen molar-refractivity contribution < 1.29 is 12.8 Å². The van der Waals surface area contributed by atoms with Gasteiger partial charge in [0.1, 0.15) is 5.76 Å². The lowest BCUT2D eigenvalue weighted by Crippen LogP contribution is -2.40. The molecule has 5 nitrogen and oxygen atoms in total. The zero-order valence-electron chi connectivity index (χ0n) is 13.1. The Kier molecular flexibility index (Phi) is 5.46. The molecule has 1 heterocycles. The van der Waals surface area contributed by atoms with E-state index >= 15 is 0 Å². The second kappa shape index (κ2) is 6.94. The van der Waals surface area contributed by atoms with Gasteiger partial charge >= 0.3 is 0 Å². The zero-order chi connectivity index (χ0) is 15.5. The summed E-state index contributed by atoms with van der Waals surface area (Å²) in [5.74, 6) is 1.65. The lowest BCUT2D eigenvalue weighted by molar-refractivity contribution is 0.259. The Morgan fingerprint density at radius 1 is 1.29 bits per heavy atom. The molecule has 1 aliphatic rings. The summed E-state index contributed by atoms with van der Waals surface area (Å²) in [6, 6.07) is 3.22. The van der Waals surface area contributed by atoms with Gasteiger partial charge in [0.05, 0.1) is 6.54 Å². The minimum Gasteiger partial charge on any atom is -0.447 e. The second-order valence-corrected chi connectivity index (χ2v) is 7.99. The molecule has 1 saturated carbocycles. The van der Waals surface area contributed by atoms with Gasteiger partial charge in [-0.05, 0) is 50.3 Å². The fraction of sp³-hybridized carbons (Fsp3) is 0.733. The van der Waals surface area contributed by atoms with Crippen molar-refractivity contribution in [2.75, 3.05) is 6.54 Å². The predicted molar refractivity (Wildman–Crippen MR) is 82.4 cm³/mol. The number of furan rings is 1. The molecule has 1 aromatic rings. The maximum atomic E-state index is 12.3. The van der Waals surface area contributed by atoms with Gasteiger partial charge < -0.3 is 9.73 Å². The maximum absolute atomic E-state index is 12.3. The fourth-order valence-electron chi connectivity index (χ4n) is 2.42. The van der Waals surface area contributed by atoms with E-state index in [9.17, 15) is 8.42 Å². The summed E-state index contributed by atoms with van der Waals surface area (Å²) in [5, 5.41) is 3.24. The largest absolute Gasteiger partial charge is 0.447 e. The van der Waals surface area contributed by atoms with Crippen molar-refractivity contribution in [3.63, 3.8) is 0 Å². The van der Waals surface area contributed by atoms with Gasteiger partial charge in [0.25, 0.3) is 10.0 Å². The molecule has 1 aliphatic carbocycles. The molecule has 6 heteroatoms. The van der Waals surface area contributed by atoms with Gasteiger partial charge in [-0.3, -0.25) is 0 Å². The highest BCUT2D eigenvalue weighted by Gasteiger charge is 2.29. The summed E-state index contributed by atoms with van der Waals surface area (Å²) in [6.45, 7) is 7.59. The van der Waals surface area contributed by atoms with Crippen LogP contribution in [-0.4, -0.2) is 21.0 Å². The van der Waals surface area contributed by atoms with E-state index in [2.05, 4.69) is 23.9 Å². The Hall–Kier alpha value is -0.850. The van der Waals surface area contributed by atoms with Crippen LogP contribution in [0.5, 0.6) is 0 Å². The molecule has 0 saturated heterocycles. The van der Waals surface area contributed by atoms with Gasteiger partial charge in [0.15, 0.2) is 0 Å². The lowest BCUT2D eigenvalue weighted by Gasteiger charge is -2.31. The molecule has 0 radical (unpaired) electrons. The summed E-state index contributed by atoms with van der Waals surface area (Å²) >= 11 is 0. The van der Waals surface area contributed by atoms with Crippen LogP contribution in [0.4, 0.5) is 0 Å². The van der Waals surface area contributed by atoms with E-state index in [1.165, 1.54) is 12.5 Å². The third kappa shape index (κ3) is 4.56. The Morgan fingerprint density at radius 2 is 2.00 bits per heavy atom. The van der Waals surface area contributed by atoms with E-state index in [0.717, 1.165) is 19.4 Å². The minimum absolute atomic E-state index is 0.00928. The van der Waals surface area contributed by atoms with Crippen LogP contribution in [0.2, 0.25) is 0 Å². The van der Waals surface area contributed by atoms with Gasteiger partial charge in [0, 0.05) is 6.04 Å². The summed E-state index contributed by atoms with van der Waals surface area (Å²) in [6.07, 6.45) is 3.40. The van der Waals surface area contributed by atoms with Crippen molar-refractivity contribution >= 4 is 10.0 Å². The van der Waals surface area contributed by atoms with Gasteiger partial charge in [-0.2, -0.15) is 0 Å². The number of hydrogen-bond acceptors (Lipinski definition) is 4. The number of nitrogens with one attached hydrogen (secondary N) is 2. The quantitative estimate of drug-likeness (QED) is 0.773. The molecule has 0 bridgehead atoms. The molecule has 0 aromatic carbocycles. The fourth-order valence-corrected chi connectivity index (χ4v) is 3.68. The molecule has 2 N–H and O–H groups in total. The van der Waals surface area contributed by atoms with Crippen LogP contribution in [-0.2, 0) is 16.6 Å². The van der Waals surface area contributed by atoms with Crippen LogP contribution in [0.25, 0.3) is 0 Å². The van der Waals surface area contributed by atoms with Crippen LogP contribution >= 0.6 is 0 Å². The summed E-state index contributed by atoms with van der Waals surface area (Å²) in [4.78, 5) is 0. The topological polar surface area (TPSA) is 71.3 Å². The third-order valence-corrected chi connectivity index (χ3v) is 5.38. The minimum atomic E-state index is -3.55. The van der Waals surface area contributed by atoms with E-state index in [1.807, 2.05) is 6.92 Å². The summed E-state index contributed by atoms with van der Waals surface area (Å²) < 4.78 is 32.7.